The van der Waals surface area contributed by atoms with Gasteiger partial charge in [-0.05, 0) is 30.5 Å². The SMILES string of the molecule is O=C(NCC(=O)N(Cc1ccccc1)C1CC1)c1ccccc1. The van der Waals surface area contributed by atoms with E-state index in [-0.39, 0.29) is 18.4 Å². The Balaban J connectivity index is 1.58. The Morgan fingerprint density at radius 1 is 0.957 bits per heavy atom. The zero-order valence-electron chi connectivity index (χ0n) is 12.9. The van der Waals surface area contributed by atoms with E-state index in [4.69, 9.17) is 0 Å². The Bertz CT molecular complexity index is 666. The topological polar surface area (TPSA) is 49.4 Å². The minimum atomic E-state index is -0.214. The minimum absolute atomic E-state index is 0.0272. The molecule has 0 saturated heterocycles. The van der Waals surface area contributed by atoms with Crippen LogP contribution in [0.5, 0.6) is 0 Å². The van der Waals surface area contributed by atoms with Crippen molar-refractivity contribution in [1.29, 1.82) is 0 Å². The van der Waals surface area contributed by atoms with Gasteiger partial charge in [0.2, 0.25) is 5.91 Å². The molecule has 1 N–H and O–H groups in total. The molecule has 2 amide bonds. The Morgan fingerprint density at radius 3 is 2.17 bits per heavy atom. The first-order valence-electron chi connectivity index (χ1n) is 7.90. The molecule has 0 heterocycles. The molecule has 0 bridgehead atoms. The molecule has 0 aromatic heterocycles. The minimum Gasteiger partial charge on any atom is -0.343 e. The molecule has 1 aliphatic rings. The van der Waals surface area contributed by atoms with Crippen LogP contribution < -0.4 is 5.32 Å². The highest BCUT2D eigenvalue weighted by atomic mass is 16.2. The molecule has 23 heavy (non-hydrogen) atoms. The van der Waals surface area contributed by atoms with Gasteiger partial charge in [0.15, 0.2) is 0 Å². The molecule has 0 aliphatic heterocycles. The molecule has 0 unspecified atom stereocenters. The maximum Gasteiger partial charge on any atom is 0.251 e. The molecule has 0 spiro atoms. The van der Waals surface area contributed by atoms with E-state index < -0.39 is 0 Å². The highest BCUT2D eigenvalue weighted by Crippen LogP contribution is 2.28. The summed E-state index contributed by atoms with van der Waals surface area (Å²) >= 11 is 0. The molecule has 1 fully saturated rings. The molecule has 1 aliphatic carbocycles. The van der Waals surface area contributed by atoms with E-state index in [1.54, 1.807) is 12.1 Å². The number of nitrogens with zero attached hydrogens (tertiary/aromatic N) is 1. The van der Waals surface area contributed by atoms with Crippen molar-refractivity contribution in [2.75, 3.05) is 6.54 Å². The van der Waals surface area contributed by atoms with Crippen molar-refractivity contribution in [3.05, 3.63) is 71.8 Å². The molecule has 4 heteroatoms. The number of carbonyl (C=O) groups excluding carboxylic acids is 2. The second kappa shape index (κ2) is 7.09. The summed E-state index contributed by atoms with van der Waals surface area (Å²) < 4.78 is 0. The third-order valence-corrected chi connectivity index (χ3v) is 3.94. The molecule has 2 aromatic rings. The van der Waals surface area contributed by atoms with Crippen LogP contribution in [0, 0.1) is 0 Å². The Morgan fingerprint density at radius 2 is 1.57 bits per heavy atom. The Hall–Kier alpha value is -2.62. The Kier molecular flexibility index (Phi) is 4.71. The first kappa shape index (κ1) is 15.3. The quantitative estimate of drug-likeness (QED) is 0.892. The zero-order chi connectivity index (χ0) is 16.1. The molecule has 0 atom stereocenters. The van der Waals surface area contributed by atoms with Crippen LogP contribution in [-0.2, 0) is 11.3 Å². The number of carbonyl (C=O) groups is 2. The van der Waals surface area contributed by atoms with Crippen molar-refractivity contribution < 1.29 is 9.59 Å². The van der Waals surface area contributed by atoms with E-state index in [0.29, 0.717) is 18.2 Å². The average Bonchev–Trinajstić information content (AvgIpc) is 3.44. The van der Waals surface area contributed by atoms with Gasteiger partial charge in [0.05, 0.1) is 6.54 Å². The molecule has 4 nitrogen and oxygen atoms in total. The maximum atomic E-state index is 12.5. The standard InChI is InChI=1S/C19H20N2O2/c22-18(13-20-19(23)16-9-5-2-6-10-16)21(17-11-12-17)14-15-7-3-1-4-8-15/h1-10,17H,11-14H2,(H,20,23). The van der Waals surface area contributed by atoms with Crippen molar-refractivity contribution in [3.63, 3.8) is 0 Å². The summed E-state index contributed by atoms with van der Waals surface area (Å²) in [6.45, 7) is 0.641. The van der Waals surface area contributed by atoms with E-state index in [1.165, 1.54) is 0 Å². The third-order valence-electron chi connectivity index (χ3n) is 3.94. The van der Waals surface area contributed by atoms with Gasteiger partial charge in [0.25, 0.3) is 5.91 Å². The summed E-state index contributed by atoms with van der Waals surface area (Å²) in [6.07, 6.45) is 2.09. The Labute approximate surface area is 136 Å². The maximum absolute atomic E-state index is 12.5. The highest BCUT2D eigenvalue weighted by Gasteiger charge is 2.32. The summed E-state index contributed by atoms with van der Waals surface area (Å²) in [5, 5.41) is 2.72. The summed E-state index contributed by atoms with van der Waals surface area (Å²) in [4.78, 5) is 26.4. The molecular weight excluding hydrogens is 288 g/mol. The van der Waals surface area contributed by atoms with E-state index >= 15 is 0 Å². The van der Waals surface area contributed by atoms with Crippen LogP contribution in [0.1, 0.15) is 28.8 Å². The number of hydrogen-bond acceptors (Lipinski definition) is 2. The lowest BCUT2D eigenvalue weighted by Crippen LogP contribution is -2.41. The van der Waals surface area contributed by atoms with Crippen LogP contribution in [0.4, 0.5) is 0 Å². The van der Waals surface area contributed by atoms with Crippen molar-refractivity contribution in [2.24, 2.45) is 0 Å². The monoisotopic (exact) mass is 308 g/mol. The number of amides is 2. The van der Waals surface area contributed by atoms with Crippen molar-refractivity contribution in [3.8, 4) is 0 Å². The average molecular weight is 308 g/mol. The van der Waals surface area contributed by atoms with Gasteiger partial charge in [-0.1, -0.05) is 48.5 Å². The van der Waals surface area contributed by atoms with Crippen molar-refractivity contribution >= 4 is 11.8 Å². The fourth-order valence-corrected chi connectivity index (χ4v) is 2.54. The summed E-state index contributed by atoms with van der Waals surface area (Å²) in [6, 6.07) is 19.2. The van der Waals surface area contributed by atoms with E-state index in [0.717, 1.165) is 18.4 Å². The van der Waals surface area contributed by atoms with E-state index in [9.17, 15) is 9.59 Å². The number of benzene rings is 2. The van der Waals surface area contributed by atoms with Crippen LogP contribution in [0.2, 0.25) is 0 Å². The molecule has 118 valence electrons. The first-order chi connectivity index (χ1) is 11.2. The first-order valence-corrected chi connectivity index (χ1v) is 7.90. The van der Waals surface area contributed by atoms with Crippen molar-refractivity contribution in [2.45, 2.75) is 25.4 Å². The molecule has 1 saturated carbocycles. The zero-order valence-corrected chi connectivity index (χ0v) is 12.9. The van der Waals surface area contributed by atoms with Crippen LogP contribution in [0.3, 0.4) is 0 Å². The predicted octanol–water partition coefficient (Wildman–Crippen LogP) is 2.61. The lowest BCUT2D eigenvalue weighted by atomic mass is 10.2. The summed E-state index contributed by atoms with van der Waals surface area (Å²) in [5.41, 5.74) is 1.68. The van der Waals surface area contributed by atoms with E-state index in [1.807, 2.05) is 53.4 Å². The smallest absolute Gasteiger partial charge is 0.251 e. The van der Waals surface area contributed by atoms with Crippen molar-refractivity contribution in [1.82, 2.24) is 10.2 Å². The second-order valence-electron chi connectivity index (χ2n) is 5.79. The van der Waals surface area contributed by atoms with Gasteiger partial charge in [0.1, 0.15) is 0 Å². The molecule has 2 aromatic carbocycles. The van der Waals surface area contributed by atoms with Gasteiger partial charge in [0, 0.05) is 18.2 Å². The number of nitrogens with one attached hydrogen (secondary N) is 1. The lowest BCUT2D eigenvalue weighted by molar-refractivity contribution is -0.131. The lowest BCUT2D eigenvalue weighted by Gasteiger charge is -2.22. The van der Waals surface area contributed by atoms with Gasteiger partial charge >= 0.3 is 0 Å². The largest absolute Gasteiger partial charge is 0.343 e. The second-order valence-corrected chi connectivity index (χ2v) is 5.79. The summed E-state index contributed by atoms with van der Waals surface area (Å²) in [5.74, 6) is -0.241. The number of hydrogen-bond donors (Lipinski definition) is 1. The van der Waals surface area contributed by atoms with Gasteiger partial charge in [-0.2, -0.15) is 0 Å². The molecular formula is C19H20N2O2. The fraction of sp³-hybridized carbons (Fsp3) is 0.263. The normalized spacial score (nSPS) is 13.4. The highest BCUT2D eigenvalue weighted by molar-refractivity contribution is 5.96. The van der Waals surface area contributed by atoms with Gasteiger partial charge in [-0.15, -0.1) is 0 Å². The fourth-order valence-electron chi connectivity index (χ4n) is 2.54. The van der Waals surface area contributed by atoms with Crippen LogP contribution >= 0.6 is 0 Å². The van der Waals surface area contributed by atoms with Crippen LogP contribution in [0.25, 0.3) is 0 Å². The molecule has 3 rings (SSSR count). The number of rotatable bonds is 6. The van der Waals surface area contributed by atoms with Gasteiger partial charge in [-0.3, -0.25) is 9.59 Å². The predicted molar refractivity (Wildman–Crippen MR) is 88.8 cm³/mol. The van der Waals surface area contributed by atoms with Gasteiger partial charge in [-0.25, -0.2) is 0 Å². The van der Waals surface area contributed by atoms with Gasteiger partial charge < -0.3 is 10.2 Å². The molecule has 0 radical (unpaired) electrons. The van der Waals surface area contributed by atoms with Crippen LogP contribution in [-0.4, -0.2) is 29.3 Å². The van der Waals surface area contributed by atoms with Crippen LogP contribution in [0.15, 0.2) is 60.7 Å². The third kappa shape index (κ3) is 4.19. The summed E-state index contributed by atoms with van der Waals surface area (Å²) in [7, 11) is 0. The van der Waals surface area contributed by atoms with E-state index in [2.05, 4.69) is 5.32 Å².